The van der Waals surface area contributed by atoms with Crippen molar-refractivity contribution in [1.82, 2.24) is 14.9 Å². The second kappa shape index (κ2) is 7.67. The summed E-state index contributed by atoms with van der Waals surface area (Å²) >= 11 is 0. The van der Waals surface area contributed by atoms with Crippen molar-refractivity contribution in [3.8, 4) is 11.3 Å². The van der Waals surface area contributed by atoms with Gasteiger partial charge in [0.15, 0.2) is 0 Å². The zero-order valence-corrected chi connectivity index (χ0v) is 14.9. The summed E-state index contributed by atoms with van der Waals surface area (Å²) in [4.78, 5) is 11.1. The molecule has 0 aliphatic carbocycles. The lowest BCUT2D eigenvalue weighted by atomic mass is 9.88. The zero-order chi connectivity index (χ0) is 17.8. The van der Waals surface area contributed by atoms with Gasteiger partial charge in [-0.25, -0.2) is 4.98 Å². The number of anilines is 1. The zero-order valence-electron chi connectivity index (χ0n) is 14.9. The number of nitrogens with zero attached hydrogens (tertiary/aromatic N) is 3. The Hall–Kier alpha value is -2.72. The maximum atomic E-state index is 5.79. The lowest BCUT2D eigenvalue weighted by Crippen LogP contribution is -2.32. The quantitative estimate of drug-likeness (QED) is 0.774. The third-order valence-electron chi connectivity index (χ3n) is 5.17. The number of hydrogen-bond acceptors (Lipinski definition) is 4. The number of rotatable bonds is 4. The van der Waals surface area contributed by atoms with Crippen molar-refractivity contribution >= 4 is 5.82 Å². The Morgan fingerprint density at radius 1 is 0.962 bits per heavy atom. The van der Waals surface area contributed by atoms with Crippen LogP contribution in [0.1, 0.15) is 29.9 Å². The minimum atomic E-state index is 0.563. The summed E-state index contributed by atoms with van der Waals surface area (Å²) in [6, 6.07) is 18.8. The molecule has 4 rings (SSSR count). The minimum Gasteiger partial charge on any atom is -0.384 e. The van der Waals surface area contributed by atoms with E-state index in [1.54, 1.807) is 0 Å². The van der Waals surface area contributed by atoms with E-state index in [2.05, 4.69) is 45.2 Å². The van der Waals surface area contributed by atoms with Gasteiger partial charge in [0.05, 0.1) is 5.69 Å². The standard InChI is InChI=1S/C22H24N4/c23-22-5-1-4-21(25-22)20-8-6-18(7-9-20)19-10-13-26(14-11-19)16-17-3-2-12-24-15-17/h1-9,12,15,19H,10-11,13-14,16H2,(H2,23,25). The van der Waals surface area contributed by atoms with Gasteiger partial charge in [-0.15, -0.1) is 0 Å². The minimum absolute atomic E-state index is 0.563. The largest absolute Gasteiger partial charge is 0.384 e. The molecule has 0 unspecified atom stereocenters. The molecule has 0 amide bonds. The van der Waals surface area contributed by atoms with E-state index in [0.29, 0.717) is 11.7 Å². The fraction of sp³-hybridized carbons (Fsp3) is 0.273. The van der Waals surface area contributed by atoms with Gasteiger partial charge >= 0.3 is 0 Å². The van der Waals surface area contributed by atoms with E-state index in [1.165, 1.54) is 24.0 Å². The normalized spacial score (nSPS) is 15.8. The molecule has 2 N–H and O–H groups in total. The van der Waals surface area contributed by atoms with E-state index in [0.717, 1.165) is 30.9 Å². The van der Waals surface area contributed by atoms with Gasteiger partial charge in [-0.2, -0.15) is 0 Å². The summed E-state index contributed by atoms with van der Waals surface area (Å²) in [6.45, 7) is 3.27. The lowest BCUT2D eigenvalue weighted by molar-refractivity contribution is 0.204. The summed E-state index contributed by atoms with van der Waals surface area (Å²) in [5.41, 5.74) is 10.6. The molecule has 3 heterocycles. The van der Waals surface area contributed by atoms with Crippen LogP contribution in [0.4, 0.5) is 5.82 Å². The van der Waals surface area contributed by atoms with E-state index in [1.807, 2.05) is 36.7 Å². The third kappa shape index (κ3) is 3.92. The van der Waals surface area contributed by atoms with Crippen LogP contribution in [0, 0.1) is 0 Å². The highest BCUT2D eigenvalue weighted by atomic mass is 15.1. The van der Waals surface area contributed by atoms with E-state index in [4.69, 9.17) is 5.73 Å². The van der Waals surface area contributed by atoms with Crippen LogP contribution in [0.5, 0.6) is 0 Å². The molecule has 1 aliphatic rings. The Morgan fingerprint density at radius 2 is 1.77 bits per heavy atom. The smallest absolute Gasteiger partial charge is 0.124 e. The highest BCUT2D eigenvalue weighted by molar-refractivity contribution is 5.61. The number of piperidine rings is 1. The van der Waals surface area contributed by atoms with Crippen LogP contribution in [0.15, 0.2) is 67.0 Å². The molecule has 4 nitrogen and oxygen atoms in total. The van der Waals surface area contributed by atoms with Crippen molar-refractivity contribution in [3.05, 3.63) is 78.1 Å². The van der Waals surface area contributed by atoms with Gasteiger partial charge < -0.3 is 5.73 Å². The third-order valence-corrected chi connectivity index (χ3v) is 5.17. The number of aromatic nitrogens is 2. The van der Waals surface area contributed by atoms with E-state index in [9.17, 15) is 0 Å². The molecule has 2 aromatic heterocycles. The number of nitrogens with two attached hydrogens (primary N) is 1. The predicted molar refractivity (Wildman–Crippen MR) is 106 cm³/mol. The Kier molecular flexibility index (Phi) is 4.93. The monoisotopic (exact) mass is 344 g/mol. The van der Waals surface area contributed by atoms with Gasteiger partial charge in [-0.1, -0.05) is 36.4 Å². The van der Waals surface area contributed by atoms with Gasteiger partial charge in [0.2, 0.25) is 0 Å². The molecular weight excluding hydrogens is 320 g/mol. The molecule has 26 heavy (non-hydrogen) atoms. The highest BCUT2D eigenvalue weighted by Gasteiger charge is 2.20. The number of likely N-dealkylation sites (tertiary alicyclic amines) is 1. The van der Waals surface area contributed by atoms with Crippen molar-refractivity contribution in [2.75, 3.05) is 18.8 Å². The molecule has 1 saturated heterocycles. The van der Waals surface area contributed by atoms with Crippen molar-refractivity contribution < 1.29 is 0 Å². The van der Waals surface area contributed by atoms with Crippen LogP contribution in [0.2, 0.25) is 0 Å². The number of pyridine rings is 2. The van der Waals surface area contributed by atoms with E-state index in [-0.39, 0.29) is 0 Å². The molecular formula is C22H24N4. The van der Waals surface area contributed by atoms with Crippen molar-refractivity contribution in [3.63, 3.8) is 0 Å². The fourth-order valence-electron chi connectivity index (χ4n) is 3.71. The van der Waals surface area contributed by atoms with Crippen molar-refractivity contribution in [1.29, 1.82) is 0 Å². The van der Waals surface area contributed by atoms with Gasteiger partial charge in [-0.3, -0.25) is 9.88 Å². The fourth-order valence-corrected chi connectivity index (χ4v) is 3.71. The average Bonchev–Trinajstić information content (AvgIpc) is 2.70. The maximum absolute atomic E-state index is 5.79. The Labute approximate surface area is 154 Å². The lowest BCUT2D eigenvalue weighted by Gasteiger charge is -2.32. The highest BCUT2D eigenvalue weighted by Crippen LogP contribution is 2.30. The average molecular weight is 344 g/mol. The van der Waals surface area contributed by atoms with Gasteiger partial charge in [-0.05, 0) is 61.2 Å². The molecule has 1 fully saturated rings. The van der Waals surface area contributed by atoms with Gasteiger partial charge in [0, 0.05) is 24.5 Å². The summed E-state index contributed by atoms with van der Waals surface area (Å²) in [6.07, 6.45) is 6.21. The van der Waals surface area contributed by atoms with Crippen LogP contribution < -0.4 is 5.73 Å². The molecule has 3 aromatic rings. The topological polar surface area (TPSA) is 55.0 Å². The van der Waals surface area contributed by atoms with Crippen LogP contribution in [-0.4, -0.2) is 28.0 Å². The van der Waals surface area contributed by atoms with Crippen LogP contribution >= 0.6 is 0 Å². The summed E-state index contributed by atoms with van der Waals surface area (Å²) in [5, 5.41) is 0. The van der Waals surface area contributed by atoms with E-state index < -0.39 is 0 Å². The molecule has 0 bridgehead atoms. The Morgan fingerprint density at radius 3 is 2.46 bits per heavy atom. The molecule has 0 spiro atoms. The van der Waals surface area contributed by atoms with Crippen LogP contribution in [-0.2, 0) is 6.54 Å². The second-order valence-electron chi connectivity index (χ2n) is 6.98. The maximum Gasteiger partial charge on any atom is 0.124 e. The summed E-state index contributed by atoms with van der Waals surface area (Å²) in [7, 11) is 0. The first kappa shape index (κ1) is 16.7. The molecule has 1 aromatic carbocycles. The van der Waals surface area contributed by atoms with Crippen molar-refractivity contribution in [2.45, 2.75) is 25.3 Å². The molecule has 4 heteroatoms. The molecule has 0 saturated carbocycles. The Balaban J connectivity index is 1.37. The Bertz CT molecular complexity index is 838. The SMILES string of the molecule is Nc1cccc(-c2ccc(C3CCN(Cc4cccnc4)CC3)cc2)n1. The van der Waals surface area contributed by atoms with Crippen molar-refractivity contribution in [2.24, 2.45) is 0 Å². The summed E-state index contributed by atoms with van der Waals surface area (Å²) in [5.74, 6) is 1.20. The first-order valence-electron chi connectivity index (χ1n) is 9.22. The first-order chi connectivity index (χ1) is 12.8. The van der Waals surface area contributed by atoms with Crippen LogP contribution in [0.25, 0.3) is 11.3 Å². The molecule has 132 valence electrons. The number of benzene rings is 1. The number of hydrogen-bond donors (Lipinski definition) is 1. The number of nitrogen functional groups attached to an aromatic ring is 1. The molecule has 0 atom stereocenters. The predicted octanol–water partition coefficient (Wildman–Crippen LogP) is 4.11. The van der Waals surface area contributed by atoms with Gasteiger partial charge in [0.1, 0.15) is 5.82 Å². The molecule has 0 radical (unpaired) electrons. The van der Waals surface area contributed by atoms with Crippen LogP contribution in [0.3, 0.4) is 0 Å². The van der Waals surface area contributed by atoms with E-state index >= 15 is 0 Å². The second-order valence-corrected chi connectivity index (χ2v) is 6.98. The first-order valence-corrected chi connectivity index (χ1v) is 9.22. The molecule has 1 aliphatic heterocycles. The van der Waals surface area contributed by atoms with Gasteiger partial charge in [0.25, 0.3) is 0 Å². The summed E-state index contributed by atoms with van der Waals surface area (Å²) < 4.78 is 0.